The molecule has 0 unspecified atom stereocenters. The van der Waals surface area contributed by atoms with E-state index in [0.717, 1.165) is 25.1 Å². The van der Waals surface area contributed by atoms with Crippen LogP contribution in [0.3, 0.4) is 0 Å². The smallest absolute Gasteiger partial charge is 0.163 e. The van der Waals surface area contributed by atoms with Crippen LogP contribution in [0.15, 0.2) is 23.8 Å². The summed E-state index contributed by atoms with van der Waals surface area (Å²) in [5.74, 6) is 0.250. The molecule has 0 atom stereocenters. The Hall–Kier alpha value is -0.890. The third kappa shape index (κ3) is 2.62. The SMILES string of the molecule is C/C=C/CC(=O)C1=CCCNC1. The number of ketones is 1. The van der Waals surface area contributed by atoms with Gasteiger partial charge in [-0.25, -0.2) is 0 Å². The first-order valence-corrected chi connectivity index (χ1v) is 4.38. The minimum absolute atomic E-state index is 0.250. The molecule has 0 saturated carbocycles. The van der Waals surface area contributed by atoms with Crippen molar-refractivity contribution in [3.8, 4) is 0 Å². The van der Waals surface area contributed by atoms with Crippen molar-refractivity contribution in [3.63, 3.8) is 0 Å². The highest BCUT2D eigenvalue weighted by Crippen LogP contribution is 2.05. The predicted octanol–water partition coefficient (Wildman–Crippen LogP) is 1.44. The third-order valence-corrected chi connectivity index (χ3v) is 1.92. The van der Waals surface area contributed by atoms with E-state index in [1.165, 1.54) is 0 Å². The normalized spacial score (nSPS) is 17.9. The van der Waals surface area contributed by atoms with Gasteiger partial charge in [-0.1, -0.05) is 18.2 Å². The molecule has 0 saturated heterocycles. The molecule has 2 heteroatoms. The van der Waals surface area contributed by atoms with Crippen LogP contribution >= 0.6 is 0 Å². The number of carbonyl (C=O) groups excluding carboxylic acids is 1. The first-order chi connectivity index (χ1) is 5.84. The molecule has 12 heavy (non-hydrogen) atoms. The average molecular weight is 165 g/mol. The number of hydrogen-bond donors (Lipinski definition) is 1. The molecule has 1 N–H and O–H groups in total. The number of carbonyl (C=O) groups is 1. The maximum absolute atomic E-state index is 11.4. The van der Waals surface area contributed by atoms with Gasteiger partial charge in [0.25, 0.3) is 0 Å². The van der Waals surface area contributed by atoms with E-state index in [1.54, 1.807) is 0 Å². The van der Waals surface area contributed by atoms with Gasteiger partial charge in [0.2, 0.25) is 0 Å². The summed E-state index contributed by atoms with van der Waals surface area (Å²) in [6.07, 6.45) is 7.38. The van der Waals surface area contributed by atoms with Crippen LogP contribution in [-0.4, -0.2) is 18.9 Å². The molecule has 0 fully saturated rings. The molecule has 0 aromatic rings. The molecule has 1 rings (SSSR count). The van der Waals surface area contributed by atoms with E-state index in [9.17, 15) is 4.79 Å². The maximum atomic E-state index is 11.4. The number of hydrogen-bond acceptors (Lipinski definition) is 2. The van der Waals surface area contributed by atoms with Gasteiger partial charge in [-0.15, -0.1) is 0 Å². The number of Topliss-reactive ketones (excluding diaryl/α,β-unsaturated/α-hetero) is 1. The maximum Gasteiger partial charge on any atom is 0.163 e. The Balaban J connectivity index is 2.45. The van der Waals surface area contributed by atoms with E-state index in [2.05, 4.69) is 5.32 Å². The second-order valence-electron chi connectivity index (χ2n) is 2.89. The fraction of sp³-hybridized carbons (Fsp3) is 0.500. The van der Waals surface area contributed by atoms with Gasteiger partial charge in [0.05, 0.1) is 0 Å². The summed E-state index contributed by atoms with van der Waals surface area (Å²) in [6, 6.07) is 0. The van der Waals surface area contributed by atoms with Crippen molar-refractivity contribution in [1.29, 1.82) is 0 Å². The third-order valence-electron chi connectivity index (χ3n) is 1.92. The van der Waals surface area contributed by atoms with E-state index in [0.29, 0.717) is 6.42 Å². The van der Waals surface area contributed by atoms with Crippen molar-refractivity contribution < 1.29 is 4.79 Å². The summed E-state index contributed by atoms with van der Waals surface area (Å²) in [7, 11) is 0. The van der Waals surface area contributed by atoms with Crippen LogP contribution in [-0.2, 0) is 4.79 Å². The van der Waals surface area contributed by atoms with Gasteiger partial charge in [-0.05, 0) is 19.9 Å². The molecule has 0 radical (unpaired) electrons. The lowest BCUT2D eigenvalue weighted by Crippen LogP contribution is -2.25. The Morgan fingerprint density at radius 1 is 1.75 bits per heavy atom. The monoisotopic (exact) mass is 165 g/mol. The molecule has 0 spiro atoms. The van der Waals surface area contributed by atoms with Gasteiger partial charge in [-0.3, -0.25) is 4.79 Å². The van der Waals surface area contributed by atoms with Crippen LogP contribution in [0.4, 0.5) is 0 Å². The van der Waals surface area contributed by atoms with E-state index < -0.39 is 0 Å². The molecule has 0 bridgehead atoms. The first-order valence-electron chi connectivity index (χ1n) is 4.38. The van der Waals surface area contributed by atoms with Crippen LogP contribution in [0.1, 0.15) is 19.8 Å². The second kappa shape index (κ2) is 4.88. The molecule has 0 amide bonds. The van der Waals surface area contributed by atoms with Crippen molar-refractivity contribution >= 4 is 5.78 Å². The molecule has 1 aliphatic rings. The van der Waals surface area contributed by atoms with Crippen LogP contribution in [0.5, 0.6) is 0 Å². The zero-order valence-corrected chi connectivity index (χ0v) is 7.47. The van der Waals surface area contributed by atoms with Crippen molar-refractivity contribution in [2.24, 2.45) is 0 Å². The zero-order chi connectivity index (χ0) is 8.81. The van der Waals surface area contributed by atoms with Gasteiger partial charge in [0, 0.05) is 18.5 Å². The molecule has 0 aliphatic carbocycles. The molecular weight excluding hydrogens is 150 g/mol. The minimum atomic E-state index is 0.250. The summed E-state index contributed by atoms with van der Waals surface area (Å²) in [5, 5.41) is 3.18. The molecular formula is C10H15NO. The lowest BCUT2D eigenvalue weighted by atomic mass is 10.0. The molecule has 1 aliphatic heterocycles. The largest absolute Gasteiger partial charge is 0.312 e. The quantitative estimate of drug-likeness (QED) is 0.641. The fourth-order valence-electron chi connectivity index (χ4n) is 1.21. The fourth-order valence-corrected chi connectivity index (χ4v) is 1.21. The zero-order valence-electron chi connectivity index (χ0n) is 7.47. The lowest BCUT2D eigenvalue weighted by molar-refractivity contribution is -0.114. The van der Waals surface area contributed by atoms with Crippen molar-refractivity contribution in [2.75, 3.05) is 13.1 Å². The molecule has 0 aromatic carbocycles. The summed E-state index contributed by atoms with van der Waals surface area (Å²) < 4.78 is 0. The van der Waals surface area contributed by atoms with Gasteiger partial charge in [0.1, 0.15) is 0 Å². The Labute approximate surface area is 73.4 Å². The first kappa shape index (κ1) is 9.20. The topological polar surface area (TPSA) is 29.1 Å². The minimum Gasteiger partial charge on any atom is -0.312 e. The summed E-state index contributed by atoms with van der Waals surface area (Å²) in [4.78, 5) is 11.4. The number of nitrogens with one attached hydrogen (secondary N) is 1. The Morgan fingerprint density at radius 2 is 2.58 bits per heavy atom. The lowest BCUT2D eigenvalue weighted by Gasteiger charge is -2.11. The van der Waals surface area contributed by atoms with Crippen molar-refractivity contribution in [3.05, 3.63) is 23.8 Å². The van der Waals surface area contributed by atoms with E-state index in [4.69, 9.17) is 0 Å². The predicted molar refractivity (Wildman–Crippen MR) is 50.0 cm³/mol. The van der Waals surface area contributed by atoms with Crippen LogP contribution < -0.4 is 5.32 Å². The summed E-state index contributed by atoms with van der Waals surface area (Å²) in [6.45, 7) is 3.68. The van der Waals surface area contributed by atoms with E-state index in [-0.39, 0.29) is 5.78 Å². The van der Waals surface area contributed by atoms with Gasteiger partial charge in [0.15, 0.2) is 5.78 Å². The number of rotatable bonds is 3. The Kier molecular flexibility index (Phi) is 3.74. The summed E-state index contributed by atoms with van der Waals surface area (Å²) in [5.41, 5.74) is 0.944. The average Bonchev–Trinajstić information content (AvgIpc) is 2.15. The van der Waals surface area contributed by atoms with E-state index in [1.807, 2.05) is 25.2 Å². The van der Waals surface area contributed by atoms with E-state index >= 15 is 0 Å². The Morgan fingerprint density at radius 3 is 3.17 bits per heavy atom. The van der Waals surface area contributed by atoms with Gasteiger partial charge < -0.3 is 5.32 Å². The van der Waals surface area contributed by atoms with Crippen molar-refractivity contribution in [1.82, 2.24) is 5.32 Å². The Bertz CT molecular complexity index is 216. The highest BCUT2D eigenvalue weighted by molar-refractivity contribution is 5.96. The number of allylic oxidation sites excluding steroid dienone is 2. The van der Waals surface area contributed by atoms with Crippen LogP contribution in [0.2, 0.25) is 0 Å². The van der Waals surface area contributed by atoms with Crippen LogP contribution in [0, 0.1) is 0 Å². The molecule has 1 heterocycles. The van der Waals surface area contributed by atoms with Gasteiger partial charge >= 0.3 is 0 Å². The van der Waals surface area contributed by atoms with Crippen LogP contribution in [0.25, 0.3) is 0 Å². The van der Waals surface area contributed by atoms with Gasteiger partial charge in [-0.2, -0.15) is 0 Å². The summed E-state index contributed by atoms with van der Waals surface area (Å²) >= 11 is 0. The highest BCUT2D eigenvalue weighted by Gasteiger charge is 2.09. The van der Waals surface area contributed by atoms with Crippen molar-refractivity contribution in [2.45, 2.75) is 19.8 Å². The highest BCUT2D eigenvalue weighted by atomic mass is 16.1. The second-order valence-corrected chi connectivity index (χ2v) is 2.89. The molecule has 66 valence electrons. The standard InChI is InChI=1S/C10H15NO/c1-2-3-6-10(12)9-5-4-7-11-8-9/h2-3,5,11H,4,6-8H2,1H3/b3-2+. The molecule has 2 nitrogen and oxygen atoms in total. The molecule has 0 aromatic heterocycles.